The Morgan fingerprint density at radius 1 is 1.26 bits per heavy atom. The molecule has 164 valence electrons. The minimum Gasteiger partial charge on any atom is -0.487 e. The lowest BCUT2D eigenvalue weighted by Gasteiger charge is -2.20. The van der Waals surface area contributed by atoms with E-state index in [0.29, 0.717) is 19.0 Å². The van der Waals surface area contributed by atoms with Gasteiger partial charge in [0.05, 0.1) is 37.9 Å². The van der Waals surface area contributed by atoms with Crippen LogP contribution < -0.4 is 10.2 Å². The minimum absolute atomic E-state index is 0.0426. The van der Waals surface area contributed by atoms with Gasteiger partial charge in [0.1, 0.15) is 12.4 Å². The zero-order valence-corrected chi connectivity index (χ0v) is 20.8. The van der Waals surface area contributed by atoms with Crippen molar-refractivity contribution in [3.05, 3.63) is 64.8 Å². The molecule has 0 spiro atoms. The van der Waals surface area contributed by atoms with Crippen molar-refractivity contribution in [1.29, 1.82) is 0 Å². The lowest BCUT2D eigenvalue weighted by Crippen LogP contribution is -2.33. The Kier molecular flexibility index (Phi) is 8.18. The van der Waals surface area contributed by atoms with Gasteiger partial charge in [-0.15, -0.1) is 0 Å². The molecule has 1 heterocycles. The summed E-state index contributed by atoms with van der Waals surface area (Å²) in [5.74, 6) is -0.482. The summed E-state index contributed by atoms with van der Waals surface area (Å²) < 4.78 is 18.5. The lowest BCUT2D eigenvalue weighted by atomic mass is 10.2. The van der Waals surface area contributed by atoms with Gasteiger partial charge in [-0.1, -0.05) is 0 Å². The zero-order valence-electron chi connectivity index (χ0n) is 16.5. The number of carbonyl (C=O) groups excluding carboxylic acids is 1. The van der Waals surface area contributed by atoms with Gasteiger partial charge in [0.15, 0.2) is 5.79 Å². The fraction of sp³-hybridized carbons (Fsp3) is 0.300. The molecule has 1 saturated heterocycles. The maximum Gasteiger partial charge on any atom is 0.269 e. The van der Waals surface area contributed by atoms with E-state index in [4.69, 9.17) is 14.2 Å². The van der Waals surface area contributed by atoms with Crippen molar-refractivity contribution >= 4 is 63.0 Å². The number of amides is 1. The fourth-order valence-corrected chi connectivity index (χ4v) is 4.96. The number of nitrogens with zero attached hydrogens (tertiary/aromatic N) is 2. The number of carbonyl (C=O) groups is 1. The highest BCUT2D eigenvalue weighted by molar-refractivity contribution is 14.1. The summed E-state index contributed by atoms with van der Waals surface area (Å²) in [4.78, 5) is 22.3. The summed E-state index contributed by atoms with van der Waals surface area (Å²) in [5, 5.41) is 14.7. The van der Waals surface area contributed by atoms with Crippen molar-refractivity contribution in [3.63, 3.8) is 0 Å². The van der Waals surface area contributed by atoms with Crippen LogP contribution in [-0.4, -0.2) is 36.0 Å². The summed E-state index contributed by atoms with van der Waals surface area (Å²) in [6.07, 6.45) is 1.62. The minimum atomic E-state index is -0.896. The largest absolute Gasteiger partial charge is 0.487 e. The van der Waals surface area contributed by atoms with Gasteiger partial charge in [-0.2, -0.15) is 5.10 Å². The van der Waals surface area contributed by atoms with Gasteiger partial charge >= 0.3 is 0 Å². The summed E-state index contributed by atoms with van der Waals surface area (Å²) in [7, 11) is 0. The number of hydrazone groups is 1. The van der Waals surface area contributed by atoms with E-state index in [1.807, 2.05) is 12.1 Å². The van der Waals surface area contributed by atoms with Crippen molar-refractivity contribution in [1.82, 2.24) is 5.43 Å². The van der Waals surface area contributed by atoms with Crippen molar-refractivity contribution in [3.8, 4) is 5.75 Å². The van der Waals surface area contributed by atoms with Crippen molar-refractivity contribution < 1.29 is 23.9 Å². The van der Waals surface area contributed by atoms with Gasteiger partial charge in [-0.05, 0) is 87.5 Å². The van der Waals surface area contributed by atoms with Gasteiger partial charge in [-0.3, -0.25) is 14.9 Å². The number of halogens is 2. The van der Waals surface area contributed by atoms with Crippen molar-refractivity contribution in [2.45, 2.75) is 25.7 Å². The second-order valence-corrected chi connectivity index (χ2v) is 9.15. The number of nitro benzene ring substituents is 1. The van der Waals surface area contributed by atoms with E-state index in [0.717, 1.165) is 18.3 Å². The van der Waals surface area contributed by atoms with Crippen molar-refractivity contribution in [2.24, 2.45) is 5.10 Å². The van der Waals surface area contributed by atoms with Crippen LogP contribution >= 0.6 is 45.2 Å². The fourth-order valence-electron chi connectivity index (χ4n) is 2.83. The van der Waals surface area contributed by atoms with Crippen LogP contribution in [0.5, 0.6) is 5.75 Å². The van der Waals surface area contributed by atoms with Crippen LogP contribution in [0.25, 0.3) is 0 Å². The zero-order chi connectivity index (χ0) is 22.4. The molecule has 2 aromatic rings. The number of nitrogens with one attached hydrogen (secondary N) is 1. The van der Waals surface area contributed by atoms with E-state index in [1.165, 1.54) is 12.1 Å². The molecule has 0 aliphatic carbocycles. The molecule has 1 amide bonds. The van der Waals surface area contributed by atoms with Gasteiger partial charge in [-0.25, -0.2) is 5.43 Å². The number of rotatable bonds is 8. The molecule has 11 heteroatoms. The molecule has 2 aromatic carbocycles. The Morgan fingerprint density at radius 3 is 2.45 bits per heavy atom. The Bertz CT molecular complexity index is 968. The van der Waals surface area contributed by atoms with Crippen molar-refractivity contribution in [2.75, 3.05) is 13.2 Å². The number of hydrogen-bond acceptors (Lipinski definition) is 7. The molecular weight excluding hydrogens is 632 g/mol. The molecule has 1 aliphatic rings. The van der Waals surface area contributed by atoms with Crippen LogP contribution in [0.3, 0.4) is 0 Å². The first-order chi connectivity index (χ1) is 14.8. The molecule has 3 rings (SSSR count). The highest BCUT2D eigenvalue weighted by Gasteiger charge is 2.33. The normalized spacial score (nSPS) is 15.2. The summed E-state index contributed by atoms with van der Waals surface area (Å²) in [6.45, 7) is 2.96. The van der Waals surface area contributed by atoms with E-state index in [-0.39, 0.29) is 24.6 Å². The van der Waals surface area contributed by atoms with Crippen LogP contribution in [0, 0.1) is 17.3 Å². The second-order valence-electron chi connectivity index (χ2n) is 6.83. The van der Waals surface area contributed by atoms with E-state index >= 15 is 0 Å². The second kappa shape index (κ2) is 10.7. The molecule has 1 fully saturated rings. The lowest BCUT2D eigenvalue weighted by molar-refractivity contribution is -0.384. The molecule has 0 radical (unpaired) electrons. The van der Waals surface area contributed by atoms with Crippen LogP contribution in [0.2, 0.25) is 0 Å². The number of hydrogen-bond donors (Lipinski definition) is 1. The Balaban J connectivity index is 1.57. The highest BCUT2D eigenvalue weighted by atomic mass is 127. The van der Waals surface area contributed by atoms with Gasteiger partial charge in [0, 0.05) is 12.1 Å². The first-order valence-corrected chi connectivity index (χ1v) is 11.4. The molecule has 31 heavy (non-hydrogen) atoms. The van der Waals surface area contributed by atoms with Crippen LogP contribution in [-0.2, 0) is 20.9 Å². The first kappa shape index (κ1) is 23.8. The highest BCUT2D eigenvalue weighted by Crippen LogP contribution is 2.29. The summed E-state index contributed by atoms with van der Waals surface area (Å²) in [5.41, 5.74) is 4.16. The third-order valence-corrected chi connectivity index (χ3v) is 5.94. The van der Waals surface area contributed by atoms with E-state index < -0.39 is 10.7 Å². The SMILES string of the molecule is CC1(CC(=O)N/N=C\c2cc(I)c(OCc3ccc([N+](=O)[O-])cc3)c(I)c2)OCCO1. The summed E-state index contributed by atoms with van der Waals surface area (Å²) >= 11 is 4.33. The van der Waals surface area contributed by atoms with E-state index in [9.17, 15) is 14.9 Å². The standard InChI is InChI=1S/C20H19I2N3O6/c1-20(30-6-7-31-20)10-18(26)24-23-11-14-8-16(21)19(17(22)9-14)29-12-13-2-4-15(5-3-13)25(27)28/h2-5,8-9,11H,6-7,10,12H2,1H3,(H,24,26)/b23-11-. The number of benzene rings is 2. The Labute approximate surface area is 205 Å². The van der Waals surface area contributed by atoms with Gasteiger partial charge in [0.2, 0.25) is 5.91 Å². The summed E-state index contributed by atoms with van der Waals surface area (Å²) in [6, 6.07) is 10.0. The average Bonchev–Trinajstić information content (AvgIpc) is 3.13. The Morgan fingerprint density at radius 2 is 1.87 bits per heavy atom. The third-order valence-electron chi connectivity index (χ3n) is 4.33. The molecule has 0 saturated carbocycles. The number of non-ortho nitro benzene ring substituents is 1. The van der Waals surface area contributed by atoms with Gasteiger partial charge in [0.25, 0.3) is 5.69 Å². The molecule has 0 bridgehead atoms. The average molecular weight is 651 g/mol. The molecule has 9 nitrogen and oxygen atoms in total. The predicted molar refractivity (Wildman–Crippen MR) is 130 cm³/mol. The maximum atomic E-state index is 12.0. The molecule has 1 aliphatic heterocycles. The third kappa shape index (κ3) is 6.82. The van der Waals surface area contributed by atoms with Crippen LogP contribution in [0.1, 0.15) is 24.5 Å². The quantitative estimate of drug-likeness (QED) is 0.200. The van der Waals surface area contributed by atoms with E-state index in [2.05, 4.69) is 55.7 Å². The van der Waals surface area contributed by atoms with Gasteiger partial charge < -0.3 is 14.2 Å². The predicted octanol–water partition coefficient (Wildman–Crippen LogP) is 3.99. The van der Waals surface area contributed by atoms with Crippen LogP contribution in [0.4, 0.5) is 5.69 Å². The molecule has 0 atom stereocenters. The monoisotopic (exact) mass is 651 g/mol. The van der Waals surface area contributed by atoms with E-state index in [1.54, 1.807) is 25.3 Å². The molecule has 0 aromatic heterocycles. The molecule has 1 N–H and O–H groups in total. The Hall–Kier alpha value is -1.84. The first-order valence-electron chi connectivity index (χ1n) is 9.21. The smallest absolute Gasteiger partial charge is 0.269 e. The molecule has 0 unspecified atom stereocenters. The topological polar surface area (TPSA) is 112 Å². The number of nitro groups is 1. The molecular formula is C20H19I2N3O6. The maximum absolute atomic E-state index is 12.0. The van der Waals surface area contributed by atoms with Crippen LogP contribution in [0.15, 0.2) is 41.5 Å². The number of ether oxygens (including phenoxy) is 3.